The quantitative estimate of drug-likeness (QED) is 0.626. The molecule has 1 aromatic carbocycles. The summed E-state index contributed by atoms with van der Waals surface area (Å²) in [5.74, 6) is 0.498. The number of hydrogen-bond donors (Lipinski definition) is 2. The summed E-state index contributed by atoms with van der Waals surface area (Å²) in [6, 6.07) is 9.32. The topological polar surface area (TPSA) is 70.7 Å². The molecule has 1 aliphatic rings. The highest BCUT2D eigenvalue weighted by molar-refractivity contribution is 6.57. The van der Waals surface area contributed by atoms with Crippen molar-refractivity contribution in [1.29, 1.82) is 0 Å². The number of benzene rings is 1. The molecule has 1 aliphatic heterocycles. The van der Waals surface area contributed by atoms with E-state index in [2.05, 4.69) is 50.3 Å². The summed E-state index contributed by atoms with van der Waals surface area (Å²) in [4.78, 5) is 27.5. The molecule has 2 rings (SSSR count). The van der Waals surface area contributed by atoms with Gasteiger partial charge in [-0.05, 0) is 30.7 Å². The van der Waals surface area contributed by atoms with Gasteiger partial charge in [0.15, 0.2) is 6.71 Å². The van der Waals surface area contributed by atoms with E-state index in [1.54, 1.807) is 4.90 Å². The molecule has 0 unspecified atom stereocenters. The molecule has 1 aromatic rings. The first kappa shape index (κ1) is 23.3. The van der Waals surface area contributed by atoms with Crippen molar-refractivity contribution in [3.05, 3.63) is 35.9 Å². The summed E-state index contributed by atoms with van der Waals surface area (Å²) in [5, 5.41) is 6.17. The zero-order chi connectivity index (χ0) is 21.2. The average Bonchev–Trinajstić information content (AvgIpc) is 2.71. The number of nitrogens with zero attached hydrogens (tertiary/aromatic N) is 1. The van der Waals surface area contributed by atoms with E-state index in [1.165, 1.54) is 0 Å². The van der Waals surface area contributed by atoms with Crippen molar-refractivity contribution in [3.63, 3.8) is 0 Å². The van der Waals surface area contributed by atoms with Gasteiger partial charge < -0.3 is 20.3 Å². The van der Waals surface area contributed by atoms with Gasteiger partial charge in [0.05, 0.1) is 13.2 Å². The van der Waals surface area contributed by atoms with Crippen molar-refractivity contribution in [2.75, 3.05) is 26.3 Å². The number of amides is 3. The minimum Gasteiger partial charge on any atom is -0.378 e. The van der Waals surface area contributed by atoms with E-state index in [0.29, 0.717) is 45.4 Å². The molecule has 0 saturated carbocycles. The van der Waals surface area contributed by atoms with E-state index in [-0.39, 0.29) is 17.9 Å². The Balaban J connectivity index is 2.04. The van der Waals surface area contributed by atoms with Crippen molar-refractivity contribution < 1.29 is 14.3 Å². The van der Waals surface area contributed by atoms with Gasteiger partial charge in [0.2, 0.25) is 5.91 Å². The Morgan fingerprint density at radius 2 is 1.76 bits per heavy atom. The fourth-order valence-electron chi connectivity index (χ4n) is 3.52. The van der Waals surface area contributed by atoms with Crippen LogP contribution in [0, 0.1) is 5.92 Å². The second kappa shape index (κ2) is 11.9. The van der Waals surface area contributed by atoms with Crippen LogP contribution in [0.2, 0.25) is 13.6 Å². The number of morpholine rings is 1. The van der Waals surface area contributed by atoms with Gasteiger partial charge in [0.1, 0.15) is 6.04 Å². The number of urea groups is 1. The minimum atomic E-state index is -0.557. The molecule has 1 fully saturated rings. The van der Waals surface area contributed by atoms with Gasteiger partial charge >= 0.3 is 6.03 Å². The Labute approximate surface area is 175 Å². The van der Waals surface area contributed by atoms with Crippen LogP contribution in [0.5, 0.6) is 0 Å². The summed E-state index contributed by atoms with van der Waals surface area (Å²) in [6.07, 6.45) is 2.23. The number of rotatable bonds is 9. The first-order valence-corrected chi connectivity index (χ1v) is 10.8. The summed E-state index contributed by atoms with van der Waals surface area (Å²) in [5.41, 5.74) is 1.16. The highest BCUT2D eigenvalue weighted by atomic mass is 16.5. The third-order valence-corrected chi connectivity index (χ3v) is 5.33. The van der Waals surface area contributed by atoms with E-state index >= 15 is 0 Å². The van der Waals surface area contributed by atoms with Gasteiger partial charge in [-0.2, -0.15) is 0 Å². The molecule has 6 nitrogen and oxygen atoms in total. The Morgan fingerprint density at radius 1 is 1.10 bits per heavy atom. The first-order chi connectivity index (χ1) is 13.9. The molecule has 0 radical (unpaired) electrons. The van der Waals surface area contributed by atoms with Crippen LogP contribution in [-0.2, 0) is 16.0 Å². The van der Waals surface area contributed by atoms with Gasteiger partial charge in [-0.3, -0.25) is 4.79 Å². The van der Waals surface area contributed by atoms with E-state index in [1.807, 2.05) is 18.2 Å². The monoisotopic (exact) mass is 401 g/mol. The Bertz CT molecular complexity index is 633. The lowest BCUT2D eigenvalue weighted by Crippen LogP contribution is -2.56. The fraction of sp³-hybridized carbons (Fsp3) is 0.636. The van der Waals surface area contributed by atoms with E-state index in [0.717, 1.165) is 18.4 Å². The summed E-state index contributed by atoms with van der Waals surface area (Å²) < 4.78 is 5.32. The maximum Gasteiger partial charge on any atom is 0.318 e. The van der Waals surface area contributed by atoms with E-state index in [4.69, 9.17) is 4.74 Å². The molecule has 160 valence electrons. The minimum absolute atomic E-state index is 0.0955. The molecule has 1 saturated heterocycles. The lowest BCUT2D eigenvalue weighted by atomic mass is 9.47. The zero-order valence-electron chi connectivity index (χ0n) is 18.3. The molecule has 0 aromatic heterocycles. The van der Waals surface area contributed by atoms with Gasteiger partial charge in [-0.1, -0.05) is 57.8 Å². The molecule has 2 atom stereocenters. The van der Waals surface area contributed by atoms with Crippen LogP contribution in [0.3, 0.4) is 0 Å². The van der Waals surface area contributed by atoms with Gasteiger partial charge in [-0.15, -0.1) is 0 Å². The number of nitrogens with one attached hydrogen (secondary N) is 2. The third kappa shape index (κ3) is 8.09. The average molecular weight is 401 g/mol. The molecular weight excluding hydrogens is 365 g/mol. The van der Waals surface area contributed by atoms with E-state index < -0.39 is 6.04 Å². The molecule has 3 amide bonds. The molecule has 29 heavy (non-hydrogen) atoms. The van der Waals surface area contributed by atoms with Crippen LogP contribution in [0.4, 0.5) is 4.79 Å². The lowest BCUT2D eigenvalue weighted by Gasteiger charge is -2.30. The van der Waals surface area contributed by atoms with Crippen molar-refractivity contribution >= 4 is 18.7 Å². The molecule has 1 heterocycles. The first-order valence-electron chi connectivity index (χ1n) is 10.8. The van der Waals surface area contributed by atoms with Crippen LogP contribution in [-0.4, -0.2) is 61.8 Å². The predicted octanol–water partition coefficient (Wildman–Crippen LogP) is 2.85. The summed E-state index contributed by atoms with van der Waals surface area (Å²) in [7, 11) is 0. The van der Waals surface area contributed by atoms with Crippen LogP contribution < -0.4 is 10.6 Å². The van der Waals surface area contributed by atoms with Crippen LogP contribution >= 0.6 is 0 Å². The molecule has 7 heteroatoms. The number of carbonyl (C=O) groups excluding carboxylic acids is 2. The Morgan fingerprint density at radius 3 is 2.34 bits per heavy atom. The molecule has 0 bridgehead atoms. The van der Waals surface area contributed by atoms with Gasteiger partial charge in [0, 0.05) is 19.0 Å². The second-order valence-electron chi connectivity index (χ2n) is 8.61. The predicted molar refractivity (Wildman–Crippen MR) is 118 cm³/mol. The third-order valence-electron chi connectivity index (χ3n) is 5.33. The number of aryl methyl sites for hydroxylation is 1. The normalized spacial score (nSPS) is 16.2. The zero-order valence-corrected chi connectivity index (χ0v) is 18.3. The molecule has 0 aliphatic carbocycles. The largest absolute Gasteiger partial charge is 0.378 e. The van der Waals surface area contributed by atoms with E-state index in [9.17, 15) is 9.59 Å². The fourth-order valence-corrected chi connectivity index (χ4v) is 3.52. The van der Waals surface area contributed by atoms with Crippen molar-refractivity contribution in [1.82, 2.24) is 15.5 Å². The number of hydrogen-bond acceptors (Lipinski definition) is 3. The maximum atomic E-state index is 13.1. The summed E-state index contributed by atoms with van der Waals surface area (Å²) >= 11 is 0. The standard InChI is InChI=1S/C22H36BN3O3/c1-17(2)16-20(23(3)4)25-21(27)19(11-10-18-8-6-5-7-9-18)24-22(28)26-12-14-29-15-13-26/h5-9,17,19-20H,10-16H2,1-4H3,(H,24,28)(H,25,27)/t19-,20-/m0/s1. The van der Waals surface area contributed by atoms with Crippen LogP contribution in [0.1, 0.15) is 32.3 Å². The maximum absolute atomic E-state index is 13.1. The smallest absolute Gasteiger partial charge is 0.318 e. The van der Waals surface area contributed by atoms with Gasteiger partial charge in [0.25, 0.3) is 0 Å². The Kier molecular flexibility index (Phi) is 9.51. The number of ether oxygens (including phenoxy) is 1. The Hall–Kier alpha value is -2.02. The second-order valence-corrected chi connectivity index (χ2v) is 8.61. The molecule has 0 spiro atoms. The van der Waals surface area contributed by atoms with Crippen LogP contribution in [0.15, 0.2) is 30.3 Å². The van der Waals surface area contributed by atoms with Crippen molar-refractivity contribution in [3.8, 4) is 0 Å². The molecular formula is C22H36BN3O3. The van der Waals surface area contributed by atoms with Crippen molar-refractivity contribution in [2.24, 2.45) is 5.92 Å². The summed E-state index contributed by atoms with van der Waals surface area (Å²) in [6.45, 7) is 11.1. The van der Waals surface area contributed by atoms with Crippen LogP contribution in [0.25, 0.3) is 0 Å². The SMILES string of the molecule is CB(C)[C@H](CC(C)C)NC(=O)[C@H](CCc1ccccc1)NC(=O)N1CCOCC1. The molecule has 2 N–H and O–H groups in total. The number of carbonyl (C=O) groups is 2. The van der Waals surface area contributed by atoms with Crippen molar-refractivity contribution in [2.45, 2.75) is 58.7 Å². The highest BCUT2D eigenvalue weighted by Crippen LogP contribution is 2.11. The van der Waals surface area contributed by atoms with Gasteiger partial charge in [-0.25, -0.2) is 4.79 Å². The highest BCUT2D eigenvalue weighted by Gasteiger charge is 2.28. The lowest BCUT2D eigenvalue weighted by molar-refractivity contribution is -0.123.